The molecule has 19 heavy (non-hydrogen) atoms. The number of fused-ring (bicyclic) bond motifs is 3. The lowest BCUT2D eigenvalue weighted by molar-refractivity contribution is -0.0855. The number of pyridine rings is 1. The van der Waals surface area contributed by atoms with E-state index in [1.54, 1.807) is 11.6 Å². The van der Waals surface area contributed by atoms with Gasteiger partial charge in [-0.25, -0.2) is 0 Å². The Morgan fingerprint density at radius 3 is 3.00 bits per heavy atom. The molecule has 0 radical (unpaired) electrons. The van der Waals surface area contributed by atoms with Crippen LogP contribution in [-0.2, 0) is 18.2 Å². The van der Waals surface area contributed by atoms with Crippen LogP contribution >= 0.6 is 0 Å². The van der Waals surface area contributed by atoms with Gasteiger partial charge in [-0.3, -0.25) is 4.79 Å². The van der Waals surface area contributed by atoms with Crippen molar-refractivity contribution in [2.75, 3.05) is 6.61 Å². The van der Waals surface area contributed by atoms with E-state index < -0.39 is 0 Å². The summed E-state index contributed by atoms with van der Waals surface area (Å²) in [6.07, 6.45) is 1.19. The van der Waals surface area contributed by atoms with Gasteiger partial charge in [0.05, 0.1) is 11.1 Å². The summed E-state index contributed by atoms with van der Waals surface area (Å²) in [7, 11) is 1.81. The van der Waals surface area contributed by atoms with Gasteiger partial charge in [0.1, 0.15) is 5.75 Å². The molecule has 0 N–H and O–H groups in total. The number of aryl methyl sites for hydroxylation is 1. The third-order valence-electron chi connectivity index (χ3n) is 3.58. The third kappa shape index (κ3) is 1.92. The Hall–Kier alpha value is -1.81. The summed E-state index contributed by atoms with van der Waals surface area (Å²) in [5.74, 6) is 0.698. The van der Waals surface area contributed by atoms with E-state index in [0.29, 0.717) is 18.8 Å². The van der Waals surface area contributed by atoms with E-state index in [-0.39, 0.29) is 11.8 Å². The minimum absolute atomic E-state index is 0.0312. The number of aromatic nitrogens is 1. The first-order valence-corrected chi connectivity index (χ1v) is 6.61. The zero-order chi connectivity index (χ0) is 13.4. The van der Waals surface area contributed by atoms with Crippen molar-refractivity contribution in [1.82, 2.24) is 4.57 Å². The van der Waals surface area contributed by atoms with Crippen LogP contribution in [0.25, 0.3) is 10.9 Å². The van der Waals surface area contributed by atoms with Gasteiger partial charge in [-0.2, -0.15) is 0 Å². The maximum absolute atomic E-state index is 12.3. The van der Waals surface area contributed by atoms with E-state index in [0.717, 1.165) is 22.9 Å². The van der Waals surface area contributed by atoms with Crippen molar-refractivity contribution in [3.63, 3.8) is 0 Å². The fourth-order valence-corrected chi connectivity index (χ4v) is 2.64. The molecule has 0 spiro atoms. The van der Waals surface area contributed by atoms with Crippen LogP contribution in [-0.4, -0.2) is 17.5 Å². The lowest BCUT2D eigenvalue weighted by atomic mass is 10.0. The Bertz CT molecular complexity index is 675. The number of ether oxygens (including phenoxy) is 2. The van der Waals surface area contributed by atoms with Crippen LogP contribution < -0.4 is 10.3 Å². The highest BCUT2D eigenvalue weighted by Crippen LogP contribution is 2.32. The van der Waals surface area contributed by atoms with Gasteiger partial charge < -0.3 is 14.0 Å². The highest BCUT2D eigenvalue weighted by molar-refractivity contribution is 5.86. The Morgan fingerprint density at radius 2 is 2.21 bits per heavy atom. The predicted octanol–water partition coefficient (Wildman–Crippen LogP) is 2.23. The van der Waals surface area contributed by atoms with Gasteiger partial charge in [0.25, 0.3) is 5.56 Å². The summed E-state index contributed by atoms with van der Waals surface area (Å²) in [4.78, 5) is 12.3. The average molecular weight is 259 g/mol. The third-order valence-corrected chi connectivity index (χ3v) is 3.58. The Labute approximate surface area is 111 Å². The molecule has 0 saturated heterocycles. The molecule has 0 fully saturated rings. The van der Waals surface area contributed by atoms with Gasteiger partial charge in [-0.1, -0.05) is 12.1 Å². The Kier molecular flexibility index (Phi) is 3.03. The van der Waals surface area contributed by atoms with Crippen molar-refractivity contribution >= 4 is 10.9 Å². The number of nitrogens with zero attached hydrogens (tertiary/aromatic N) is 1. The summed E-state index contributed by atoms with van der Waals surface area (Å²) in [5, 5.41) is 0.976. The Morgan fingerprint density at radius 1 is 1.42 bits per heavy atom. The van der Waals surface area contributed by atoms with Crippen molar-refractivity contribution < 1.29 is 9.47 Å². The molecule has 1 aliphatic rings. The van der Waals surface area contributed by atoms with Crippen LogP contribution in [0.1, 0.15) is 18.9 Å². The molecule has 1 aromatic carbocycles. The topological polar surface area (TPSA) is 40.5 Å². The number of hydrogen-bond donors (Lipinski definition) is 0. The first-order valence-electron chi connectivity index (χ1n) is 6.61. The SMILES string of the molecule is CCOC1CCc2c(c3ccccc3n(C)c2=O)O1. The average Bonchev–Trinajstić information content (AvgIpc) is 2.45. The van der Waals surface area contributed by atoms with Gasteiger partial charge in [0.2, 0.25) is 0 Å². The molecule has 100 valence electrons. The van der Waals surface area contributed by atoms with E-state index in [4.69, 9.17) is 9.47 Å². The van der Waals surface area contributed by atoms with Gasteiger partial charge >= 0.3 is 0 Å². The summed E-state index contributed by atoms with van der Waals surface area (Å²) in [6.45, 7) is 2.56. The molecule has 0 saturated carbocycles. The molecule has 4 heteroatoms. The summed E-state index contributed by atoms with van der Waals surface area (Å²) in [5.41, 5.74) is 1.68. The van der Waals surface area contributed by atoms with E-state index in [1.165, 1.54) is 0 Å². The largest absolute Gasteiger partial charge is 0.464 e. The molecule has 0 aliphatic carbocycles. The molecular weight excluding hydrogens is 242 g/mol. The van der Waals surface area contributed by atoms with Gasteiger partial charge in [-0.05, 0) is 25.5 Å². The molecule has 1 atom stereocenters. The van der Waals surface area contributed by atoms with Crippen molar-refractivity contribution in [2.24, 2.45) is 7.05 Å². The van der Waals surface area contributed by atoms with Crippen LogP contribution in [0.4, 0.5) is 0 Å². The number of para-hydroxylation sites is 1. The maximum Gasteiger partial charge on any atom is 0.257 e. The molecule has 1 aromatic heterocycles. The normalized spacial score (nSPS) is 18.1. The second kappa shape index (κ2) is 4.70. The Balaban J connectivity index is 2.22. The van der Waals surface area contributed by atoms with E-state index in [9.17, 15) is 4.79 Å². The smallest absolute Gasteiger partial charge is 0.257 e. The second-order valence-corrected chi connectivity index (χ2v) is 4.73. The van der Waals surface area contributed by atoms with E-state index in [1.807, 2.05) is 31.2 Å². The molecule has 1 unspecified atom stereocenters. The zero-order valence-electron chi connectivity index (χ0n) is 11.2. The molecule has 0 amide bonds. The van der Waals surface area contributed by atoms with Gasteiger partial charge in [-0.15, -0.1) is 0 Å². The molecule has 4 nitrogen and oxygen atoms in total. The first kappa shape index (κ1) is 12.2. The first-order chi connectivity index (χ1) is 9.22. The van der Waals surface area contributed by atoms with Crippen LogP contribution in [0, 0.1) is 0 Å². The minimum Gasteiger partial charge on any atom is -0.464 e. The molecule has 2 aromatic rings. The molecule has 1 aliphatic heterocycles. The van der Waals surface area contributed by atoms with Crippen molar-refractivity contribution in [1.29, 1.82) is 0 Å². The number of rotatable bonds is 2. The number of benzene rings is 1. The molecular formula is C15H17NO3. The van der Waals surface area contributed by atoms with Gasteiger partial charge in [0.15, 0.2) is 6.29 Å². The number of hydrogen-bond acceptors (Lipinski definition) is 3. The second-order valence-electron chi connectivity index (χ2n) is 4.73. The quantitative estimate of drug-likeness (QED) is 0.830. The van der Waals surface area contributed by atoms with Crippen LogP contribution in [0.5, 0.6) is 5.75 Å². The lowest BCUT2D eigenvalue weighted by Crippen LogP contribution is -2.32. The fraction of sp³-hybridized carbons (Fsp3) is 0.400. The van der Waals surface area contributed by atoms with Crippen LogP contribution in [0.3, 0.4) is 0 Å². The van der Waals surface area contributed by atoms with E-state index in [2.05, 4.69) is 0 Å². The highest BCUT2D eigenvalue weighted by atomic mass is 16.7. The van der Waals surface area contributed by atoms with Crippen molar-refractivity contribution in [3.05, 3.63) is 40.2 Å². The molecule has 2 heterocycles. The van der Waals surface area contributed by atoms with E-state index >= 15 is 0 Å². The molecule has 3 rings (SSSR count). The fourth-order valence-electron chi connectivity index (χ4n) is 2.64. The summed E-state index contributed by atoms with van der Waals surface area (Å²) < 4.78 is 13.1. The van der Waals surface area contributed by atoms with Crippen molar-refractivity contribution in [3.8, 4) is 5.75 Å². The van der Waals surface area contributed by atoms with Crippen LogP contribution in [0.15, 0.2) is 29.1 Å². The lowest BCUT2D eigenvalue weighted by Gasteiger charge is -2.27. The predicted molar refractivity (Wildman–Crippen MR) is 73.6 cm³/mol. The minimum atomic E-state index is -0.243. The molecule has 0 bridgehead atoms. The summed E-state index contributed by atoms with van der Waals surface area (Å²) >= 11 is 0. The zero-order valence-corrected chi connectivity index (χ0v) is 11.2. The van der Waals surface area contributed by atoms with Gasteiger partial charge in [0, 0.05) is 25.5 Å². The van der Waals surface area contributed by atoms with Crippen molar-refractivity contribution in [2.45, 2.75) is 26.1 Å². The van der Waals surface area contributed by atoms with Crippen LogP contribution in [0.2, 0.25) is 0 Å². The maximum atomic E-state index is 12.3. The summed E-state index contributed by atoms with van der Waals surface area (Å²) in [6, 6.07) is 7.81. The monoisotopic (exact) mass is 259 g/mol. The standard InChI is InChI=1S/C15H17NO3/c1-3-18-13-9-8-11-14(19-13)10-6-4-5-7-12(10)16(2)15(11)17/h4-7,13H,3,8-9H2,1-2H3. The highest BCUT2D eigenvalue weighted by Gasteiger charge is 2.25.